The Kier molecular flexibility index (Phi) is 4.59. The molecule has 1 aromatic carbocycles. The molecule has 0 spiro atoms. The van der Waals surface area contributed by atoms with Crippen LogP contribution in [0.2, 0.25) is 0 Å². The van der Waals surface area contributed by atoms with Crippen molar-refractivity contribution in [3.8, 4) is 0 Å². The minimum Gasteiger partial charge on any atom is -0.329 e. The number of rotatable bonds is 5. The van der Waals surface area contributed by atoms with Gasteiger partial charge in [0, 0.05) is 12.2 Å². The average Bonchev–Trinajstić information content (AvgIpc) is 2.20. The van der Waals surface area contributed by atoms with E-state index in [0.29, 0.717) is 5.69 Å². The minimum absolute atomic E-state index is 0.0217. The van der Waals surface area contributed by atoms with Crippen LogP contribution >= 0.6 is 0 Å². The van der Waals surface area contributed by atoms with Crippen molar-refractivity contribution in [2.24, 2.45) is 5.73 Å². The molecule has 1 amide bonds. The lowest BCUT2D eigenvalue weighted by Crippen LogP contribution is -2.27. The van der Waals surface area contributed by atoms with Crippen molar-refractivity contribution in [2.75, 3.05) is 23.4 Å². The number of sulfone groups is 1. The molecule has 0 aliphatic heterocycles. The molecule has 1 aromatic rings. The van der Waals surface area contributed by atoms with Crippen molar-refractivity contribution >= 4 is 21.4 Å². The number of nitrogens with two attached hydrogens (primary N) is 1. The Morgan fingerprint density at radius 2 is 1.88 bits per heavy atom. The summed E-state index contributed by atoms with van der Waals surface area (Å²) in [5.74, 6) is -1.95. The second kappa shape index (κ2) is 5.74. The van der Waals surface area contributed by atoms with Gasteiger partial charge in [-0.15, -0.1) is 0 Å². The normalized spacial score (nSPS) is 11.2. The molecular weight excluding hydrogens is 247 g/mol. The van der Waals surface area contributed by atoms with E-state index < -0.39 is 27.3 Å². The zero-order chi connectivity index (χ0) is 12.9. The number of carbonyl (C=O) groups excluding carboxylic acids is 1. The summed E-state index contributed by atoms with van der Waals surface area (Å²) in [6.07, 6.45) is 0. The molecule has 94 valence electrons. The molecule has 0 aliphatic rings. The summed E-state index contributed by atoms with van der Waals surface area (Å²) in [7, 11) is -3.47. The number of amides is 1. The third-order valence-corrected chi connectivity index (χ3v) is 3.47. The molecule has 0 saturated carbocycles. The van der Waals surface area contributed by atoms with Gasteiger partial charge in [0.25, 0.3) is 0 Å². The molecule has 0 fully saturated rings. The maximum absolute atomic E-state index is 12.6. The fourth-order valence-electron chi connectivity index (χ4n) is 1.18. The summed E-state index contributed by atoms with van der Waals surface area (Å²) >= 11 is 0. The molecule has 0 atom stereocenters. The van der Waals surface area contributed by atoms with E-state index in [4.69, 9.17) is 5.73 Å². The van der Waals surface area contributed by atoms with Gasteiger partial charge in [-0.3, -0.25) is 4.79 Å². The van der Waals surface area contributed by atoms with E-state index in [2.05, 4.69) is 5.32 Å². The third kappa shape index (κ3) is 4.92. The van der Waals surface area contributed by atoms with E-state index in [-0.39, 0.29) is 12.3 Å². The van der Waals surface area contributed by atoms with Crippen LogP contribution in [0.15, 0.2) is 24.3 Å². The molecule has 0 heterocycles. The van der Waals surface area contributed by atoms with Crippen LogP contribution in [0, 0.1) is 5.82 Å². The first kappa shape index (κ1) is 13.6. The zero-order valence-corrected chi connectivity index (χ0v) is 9.84. The van der Waals surface area contributed by atoms with Crippen LogP contribution in [0.1, 0.15) is 0 Å². The van der Waals surface area contributed by atoms with Crippen LogP contribution in [0.25, 0.3) is 0 Å². The number of anilines is 1. The SMILES string of the molecule is NCCS(=O)(=O)CC(=O)Nc1ccc(F)cc1. The highest BCUT2D eigenvalue weighted by Crippen LogP contribution is 2.08. The molecule has 5 nitrogen and oxygen atoms in total. The van der Waals surface area contributed by atoms with Crippen LogP contribution < -0.4 is 11.1 Å². The number of nitrogens with one attached hydrogen (secondary N) is 1. The van der Waals surface area contributed by atoms with Crippen molar-refractivity contribution in [3.63, 3.8) is 0 Å². The Bertz CT molecular complexity index is 485. The second-order valence-electron chi connectivity index (χ2n) is 3.44. The monoisotopic (exact) mass is 260 g/mol. The lowest BCUT2D eigenvalue weighted by Gasteiger charge is -2.05. The first-order chi connectivity index (χ1) is 7.93. The van der Waals surface area contributed by atoms with Crippen molar-refractivity contribution in [3.05, 3.63) is 30.1 Å². The lowest BCUT2D eigenvalue weighted by molar-refractivity contribution is -0.113. The summed E-state index contributed by atoms with van der Waals surface area (Å²) in [5.41, 5.74) is 5.45. The van der Waals surface area contributed by atoms with Crippen LogP contribution in [-0.2, 0) is 14.6 Å². The third-order valence-electron chi connectivity index (χ3n) is 1.91. The molecule has 0 saturated heterocycles. The van der Waals surface area contributed by atoms with Gasteiger partial charge in [0.15, 0.2) is 9.84 Å². The summed E-state index contributed by atoms with van der Waals surface area (Å²) in [6.45, 7) is -0.0217. The number of carbonyl (C=O) groups is 1. The van der Waals surface area contributed by atoms with Crippen LogP contribution in [0.4, 0.5) is 10.1 Å². The van der Waals surface area contributed by atoms with Gasteiger partial charge in [-0.1, -0.05) is 0 Å². The van der Waals surface area contributed by atoms with Gasteiger partial charge in [0.1, 0.15) is 11.6 Å². The topological polar surface area (TPSA) is 89.3 Å². The summed E-state index contributed by atoms with van der Waals surface area (Å²) < 4.78 is 35.1. The van der Waals surface area contributed by atoms with Crippen molar-refractivity contribution in [1.82, 2.24) is 0 Å². The Morgan fingerprint density at radius 3 is 2.41 bits per heavy atom. The van der Waals surface area contributed by atoms with Crippen LogP contribution in [-0.4, -0.2) is 32.4 Å². The van der Waals surface area contributed by atoms with Crippen LogP contribution in [0.3, 0.4) is 0 Å². The number of benzene rings is 1. The van der Waals surface area contributed by atoms with Gasteiger partial charge in [0.05, 0.1) is 5.75 Å². The molecular formula is C10H13FN2O3S. The number of halogens is 1. The van der Waals surface area contributed by atoms with Crippen molar-refractivity contribution in [2.45, 2.75) is 0 Å². The summed E-state index contributed by atoms with van der Waals surface area (Å²) in [6, 6.07) is 5.04. The first-order valence-corrected chi connectivity index (χ1v) is 6.71. The fraction of sp³-hybridized carbons (Fsp3) is 0.300. The molecule has 1 rings (SSSR count). The molecule has 17 heavy (non-hydrogen) atoms. The second-order valence-corrected chi connectivity index (χ2v) is 5.62. The maximum Gasteiger partial charge on any atom is 0.239 e. The van der Waals surface area contributed by atoms with Gasteiger partial charge in [-0.2, -0.15) is 0 Å². The van der Waals surface area contributed by atoms with Gasteiger partial charge in [-0.25, -0.2) is 12.8 Å². The Morgan fingerprint density at radius 1 is 1.29 bits per heavy atom. The highest BCUT2D eigenvalue weighted by atomic mass is 32.2. The van der Waals surface area contributed by atoms with E-state index in [1.165, 1.54) is 24.3 Å². The van der Waals surface area contributed by atoms with Crippen LogP contribution in [0.5, 0.6) is 0 Å². The summed E-state index contributed by atoms with van der Waals surface area (Å²) in [5, 5.41) is 2.36. The Labute approximate surface area is 98.7 Å². The van der Waals surface area contributed by atoms with E-state index in [1.807, 2.05) is 0 Å². The standard InChI is InChI=1S/C10H13FN2O3S/c11-8-1-3-9(4-2-8)13-10(14)7-17(15,16)6-5-12/h1-4H,5-7,12H2,(H,13,14). The fourth-order valence-corrected chi connectivity index (χ4v) is 2.16. The average molecular weight is 260 g/mol. The quantitative estimate of drug-likeness (QED) is 0.788. The smallest absolute Gasteiger partial charge is 0.239 e. The largest absolute Gasteiger partial charge is 0.329 e. The molecule has 0 bridgehead atoms. The summed E-state index contributed by atoms with van der Waals surface area (Å²) in [4.78, 5) is 11.4. The van der Waals surface area contributed by atoms with Crippen molar-refractivity contribution in [1.29, 1.82) is 0 Å². The first-order valence-electron chi connectivity index (χ1n) is 4.89. The van der Waals surface area contributed by atoms with Gasteiger partial charge >= 0.3 is 0 Å². The molecule has 3 N–H and O–H groups in total. The molecule has 0 radical (unpaired) electrons. The van der Waals surface area contributed by atoms with Gasteiger partial charge in [-0.05, 0) is 24.3 Å². The predicted octanol–water partition coefficient (Wildman–Crippen LogP) is 0.138. The molecule has 0 unspecified atom stereocenters. The highest BCUT2D eigenvalue weighted by Gasteiger charge is 2.15. The minimum atomic E-state index is -3.47. The molecule has 7 heteroatoms. The number of hydrogen-bond donors (Lipinski definition) is 2. The van der Waals surface area contributed by atoms with Gasteiger partial charge < -0.3 is 11.1 Å². The van der Waals surface area contributed by atoms with Gasteiger partial charge in [0.2, 0.25) is 5.91 Å². The molecule has 0 aromatic heterocycles. The lowest BCUT2D eigenvalue weighted by atomic mass is 10.3. The highest BCUT2D eigenvalue weighted by molar-refractivity contribution is 7.92. The van der Waals surface area contributed by atoms with E-state index >= 15 is 0 Å². The van der Waals surface area contributed by atoms with E-state index in [9.17, 15) is 17.6 Å². The van der Waals surface area contributed by atoms with Crippen molar-refractivity contribution < 1.29 is 17.6 Å². The van der Waals surface area contributed by atoms with E-state index in [1.54, 1.807) is 0 Å². The zero-order valence-electron chi connectivity index (χ0n) is 9.02. The Balaban J connectivity index is 2.59. The maximum atomic E-state index is 12.6. The van der Waals surface area contributed by atoms with E-state index in [0.717, 1.165) is 0 Å². The predicted molar refractivity (Wildman–Crippen MR) is 62.7 cm³/mol. The Hall–Kier alpha value is -1.47. The number of hydrogen-bond acceptors (Lipinski definition) is 4. The molecule has 0 aliphatic carbocycles.